The third-order valence-electron chi connectivity index (χ3n) is 6.71. The molecule has 5 rings (SSSR count). The lowest BCUT2D eigenvalue weighted by Gasteiger charge is -2.22. The number of hydrogen-bond donors (Lipinski definition) is 0. The molecule has 4 aromatic rings. The normalized spacial score (nSPS) is 15.9. The molecule has 2 aromatic heterocycles. The van der Waals surface area contributed by atoms with Gasteiger partial charge >= 0.3 is 6.18 Å². The zero-order valence-electron chi connectivity index (χ0n) is 21.8. The molecule has 212 valence electrons. The lowest BCUT2D eigenvalue weighted by atomic mass is 10.1. The Morgan fingerprint density at radius 3 is 2.48 bits per heavy atom. The third-order valence-corrected chi connectivity index (χ3v) is 7.20. The molecule has 1 aliphatic heterocycles. The van der Waals surface area contributed by atoms with Crippen molar-refractivity contribution in [2.45, 2.75) is 38.3 Å². The van der Waals surface area contributed by atoms with Gasteiger partial charge in [0.25, 0.3) is 5.56 Å². The number of rotatable bonds is 8. The van der Waals surface area contributed by atoms with E-state index in [4.69, 9.17) is 18.9 Å². The van der Waals surface area contributed by atoms with E-state index in [1.54, 1.807) is 35.0 Å². The first-order chi connectivity index (χ1) is 19.2. The molecular formula is C28H27BrF3N3O5. The molecule has 0 saturated carbocycles. The van der Waals surface area contributed by atoms with Crippen LogP contribution < -0.4 is 15.0 Å². The molecule has 1 atom stereocenters. The van der Waals surface area contributed by atoms with Crippen molar-refractivity contribution < 1.29 is 32.1 Å². The average molecular weight is 622 g/mol. The van der Waals surface area contributed by atoms with Gasteiger partial charge in [-0.2, -0.15) is 23.0 Å². The fraction of sp³-hybridized carbons (Fsp3) is 0.357. The van der Waals surface area contributed by atoms with Gasteiger partial charge in [0.1, 0.15) is 22.7 Å². The Morgan fingerprint density at radius 1 is 1.07 bits per heavy atom. The number of hydrogen-bond acceptors (Lipinski definition) is 6. The minimum Gasteiger partial charge on any atom is -0.497 e. The summed E-state index contributed by atoms with van der Waals surface area (Å²) in [6, 6.07) is 10.2. The van der Waals surface area contributed by atoms with Crippen LogP contribution in [0.2, 0.25) is 0 Å². The first kappa shape index (κ1) is 28.2. The van der Waals surface area contributed by atoms with Gasteiger partial charge in [0.15, 0.2) is 6.29 Å². The maximum atomic E-state index is 14.1. The SMILES string of the molecule is COc1cc(OC)cc(-c2nn(-c3cc(Br)ccc3C(F)(F)F)c(=O)c3c2ccn3CCOC2CCCCO2)c1. The first-order valence-electron chi connectivity index (χ1n) is 12.7. The minimum absolute atomic E-state index is 0.188. The van der Waals surface area contributed by atoms with E-state index in [0.717, 1.165) is 30.0 Å². The van der Waals surface area contributed by atoms with Crippen LogP contribution in [0.5, 0.6) is 11.5 Å². The van der Waals surface area contributed by atoms with Crippen LogP contribution in [0.15, 0.2) is 57.9 Å². The van der Waals surface area contributed by atoms with Crippen LogP contribution in [-0.4, -0.2) is 48.1 Å². The molecule has 0 aliphatic carbocycles. The van der Waals surface area contributed by atoms with Crippen molar-refractivity contribution in [1.82, 2.24) is 14.3 Å². The van der Waals surface area contributed by atoms with E-state index in [-0.39, 0.29) is 30.7 Å². The molecule has 0 amide bonds. The summed E-state index contributed by atoms with van der Waals surface area (Å²) < 4.78 is 67.3. The Morgan fingerprint density at radius 2 is 1.82 bits per heavy atom. The quantitative estimate of drug-likeness (QED) is 0.233. The van der Waals surface area contributed by atoms with Gasteiger partial charge in [0, 0.05) is 40.8 Å². The smallest absolute Gasteiger partial charge is 0.418 e. The Hall–Kier alpha value is -3.35. The number of halogens is 4. The van der Waals surface area contributed by atoms with Crippen LogP contribution in [0.4, 0.5) is 13.2 Å². The van der Waals surface area contributed by atoms with Crippen molar-refractivity contribution in [2.24, 2.45) is 0 Å². The lowest BCUT2D eigenvalue weighted by molar-refractivity contribution is -0.163. The van der Waals surface area contributed by atoms with Gasteiger partial charge in [-0.15, -0.1) is 0 Å². The largest absolute Gasteiger partial charge is 0.497 e. The summed E-state index contributed by atoms with van der Waals surface area (Å²) in [5.74, 6) is 0.918. The summed E-state index contributed by atoms with van der Waals surface area (Å²) in [4.78, 5) is 13.9. The third kappa shape index (κ3) is 5.74. The van der Waals surface area contributed by atoms with Crippen molar-refractivity contribution in [2.75, 3.05) is 27.4 Å². The minimum atomic E-state index is -4.72. The van der Waals surface area contributed by atoms with Gasteiger partial charge < -0.3 is 23.5 Å². The van der Waals surface area contributed by atoms with Crippen LogP contribution in [0.3, 0.4) is 0 Å². The van der Waals surface area contributed by atoms with E-state index in [1.807, 2.05) is 0 Å². The molecule has 0 N–H and O–H groups in total. The van der Waals surface area contributed by atoms with Crippen molar-refractivity contribution in [1.29, 1.82) is 0 Å². The molecule has 0 spiro atoms. The molecule has 2 aromatic carbocycles. The predicted octanol–water partition coefficient (Wildman–Crippen LogP) is 6.20. The number of alkyl halides is 3. The first-order valence-corrected chi connectivity index (χ1v) is 13.4. The maximum Gasteiger partial charge on any atom is 0.418 e. The molecule has 1 unspecified atom stereocenters. The van der Waals surface area contributed by atoms with Gasteiger partial charge in [-0.25, -0.2) is 0 Å². The van der Waals surface area contributed by atoms with Gasteiger partial charge in [-0.3, -0.25) is 4.79 Å². The van der Waals surface area contributed by atoms with Crippen LogP contribution in [0.25, 0.3) is 27.8 Å². The number of methoxy groups -OCH3 is 2. The standard InChI is InChI=1S/C28H27BrF3N3O5/c1-37-19-13-17(14-20(16-19)38-2)25-21-8-9-34(10-12-40-24-5-3-4-11-39-24)26(21)27(36)35(33-25)23-15-18(29)6-7-22(23)28(30,31)32/h6-9,13-16,24H,3-5,10-12H2,1-2H3. The predicted molar refractivity (Wildman–Crippen MR) is 146 cm³/mol. The molecule has 3 heterocycles. The van der Waals surface area contributed by atoms with Crippen LogP contribution in [0.1, 0.15) is 24.8 Å². The Kier molecular flexibility index (Phi) is 8.20. The summed E-state index contributed by atoms with van der Waals surface area (Å²) in [6.45, 7) is 1.17. The summed E-state index contributed by atoms with van der Waals surface area (Å²) in [5.41, 5.74) is -1.11. The molecule has 8 nitrogen and oxygen atoms in total. The molecular weight excluding hydrogens is 595 g/mol. The van der Waals surface area contributed by atoms with E-state index < -0.39 is 23.0 Å². The number of fused-ring (bicyclic) bond motifs is 1. The van der Waals surface area contributed by atoms with E-state index in [9.17, 15) is 18.0 Å². The zero-order chi connectivity index (χ0) is 28.4. The van der Waals surface area contributed by atoms with Crippen molar-refractivity contribution in [3.8, 4) is 28.4 Å². The fourth-order valence-electron chi connectivity index (χ4n) is 4.75. The van der Waals surface area contributed by atoms with E-state index in [1.165, 1.54) is 26.4 Å². The molecule has 1 fully saturated rings. The van der Waals surface area contributed by atoms with Gasteiger partial charge in [-0.1, -0.05) is 15.9 Å². The second kappa shape index (κ2) is 11.6. The fourth-order valence-corrected chi connectivity index (χ4v) is 5.10. The molecule has 1 saturated heterocycles. The number of benzene rings is 2. The Balaban J connectivity index is 1.70. The van der Waals surface area contributed by atoms with Gasteiger partial charge in [0.2, 0.25) is 0 Å². The van der Waals surface area contributed by atoms with Crippen molar-refractivity contribution >= 4 is 26.8 Å². The second-order valence-electron chi connectivity index (χ2n) is 9.26. The molecule has 0 bridgehead atoms. The van der Waals surface area contributed by atoms with E-state index >= 15 is 0 Å². The monoisotopic (exact) mass is 621 g/mol. The molecule has 40 heavy (non-hydrogen) atoms. The Labute approximate surface area is 236 Å². The highest BCUT2D eigenvalue weighted by atomic mass is 79.9. The summed E-state index contributed by atoms with van der Waals surface area (Å²) in [7, 11) is 2.98. The van der Waals surface area contributed by atoms with Crippen molar-refractivity contribution in [3.05, 3.63) is 69.1 Å². The van der Waals surface area contributed by atoms with Crippen LogP contribution >= 0.6 is 15.9 Å². The topological polar surface area (TPSA) is 76.7 Å². The molecule has 12 heteroatoms. The summed E-state index contributed by atoms with van der Waals surface area (Å²) >= 11 is 3.24. The maximum absolute atomic E-state index is 14.1. The highest BCUT2D eigenvalue weighted by Gasteiger charge is 2.35. The average Bonchev–Trinajstić information content (AvgIpc) is 3.37. The number of aromatic nitrogens is 3. The lowest BCUT2D eigenvalue weighted by Crippen LogP contribution is -2.27. The van der Waals surface area contributed by atoms with Crippen LogP contribution in [-0.2, 0) is 22.2 Å². The van der Waals surface area contributed by atoms with E-state index in [0.29, 0.717) is 33.5 Å². The number of nitrogens with zero attached hydrogens (tertiary/aromatic N) is 3. The Bertz CT molecular complexity index is 1560. The van der Waals surface area contributed by atoms with Gasteiger partial charge in [0.05, 0.1) is 32.1 Å². The molecule has 0 radical (unpaired) electrons. The van der Waals surface area contributed by atoms with Crippen LogP contribution in [0, 0.1) is 0 Å². The van der Waals surface area contributed by atoms with Crippen molar-refractivity contribution in [3.63, 3.8) is 0 Å². The summed E-state index contributed by atoms with van der Waals surface area (Å²) in [5, 5.41) is 4.95. The van der Waals surface area contributed by atoms with Gasteiger partial charge in [-0.05, 0) is 55.7 Å². The number of ether oxygens (including phenoxy) is 4. The second-order valence-corrected chi connectivity index (χ2v) is 10.2. The highest BCUT2D eigenvalue weighted by molar-refractivity contribution is 9.10. The zero-order valence-corrected chi connectivity index (χ0v) is 23.4. The van der Waals surface area contributed by atoms with E-state index in [2.05, 4.69) is 21.0 Å². The summed E-state index contributed by atoms with van der Waals surface area (Å²) in [6.07, 6.45) is -0.549. The molecule has 1 aliphatic rings. The highest BCUT2D eigenvalue weighted by Crippen LogP contribution is 2.37.